The van der Waals surface area contributed by atoms with Crippen molar-refractivity contribution in [2.75, 3.05) is 6.54 Å². The highest BCUT2D eigenvalue weighted by Crippen LogP contribution is 1.92. The van der Waals surface area contributed by atoms with Crippen LogP contribution in [0.15, 0.2) is 18.5 Å². The third kappa shape index (κ3) is 3.80. The minimum absolute atomic E-state index is 0.0605. The fraction of sp³-hybridized carbons (Fsp3) is 0.400. The van der Waals surface area contributed by atoms with Crippen molar-refractivity contribution in [1.82, 2.24) is 10.4 Å². The van der Waals surface area contributed by atoms with Gasteiger partial charge >= 0.3 is 5.97 Å². The van der Waals surface area contributed by atoms with Gasteiger partial charge in [-0.25, -0.2) is 0 Å². The number of carboxylic acid groups (broad SMARTS) is 1. The molecule has 1 atom stereocenters. The monoisotopic (exact) mass is 239 g/mol. The van der Waals surface area contributed by atoms with E-state index in [9.17, 15) is 9.59 Å². The molecule has 0 saturated heterocycles. The number of carboxylic acids is 1. The van der Waals surface area contributed by atoms with Gasteiger partial charge in [-0.05, 0) is 12.0 Å². The van der Waals surface area contributed by atoms with Gasteiger partial charge in [-0.15, -0.1) is 0 Å². The predicted octanol–water partition coefficient (Wildman–Crippen LogP) is -1.47. The number of nitrogens with one attached hydrogen (secondary N) is 1. The van der Waals surface area contributed by atoms with Crippen LogP contribution >= 0.6 is 0 Å². The van der Waals surface area contributed by atoms with Crippen molar-refractivity contribution in [3.8, 4) is 0 Å². The van der Waals surface area contributed by atoms with Gasteiger partial charge in [-0.1, -0.05) is 4.68 Å². The third-order valence-corrected chi connectivity index (χ3v) is 2.07. The molecule has 17 heavy (non-hydrogen) atoms. The maximum absolute atomic E-state index is 11.4. The zero-order valence-electron chi connectivity index (χ0n) is 9.46. The summed E-state index contributed by atoms with van der Waals surface area (Å²) in [5.74, 6) is -1.30. The Morgan fingerprint density at radius 1 is 1.65 bits per heavy atom. The van der Waals surface area contributed by atoms with E-state index < -0.39 is 12.0 Å². The third-order valence-electron chi connectivity index (χ3n) is 2.07. The Morgan fingerprint density at radius 2 is 2.35 bits per heavy atom. The molecule has 0 bridgehead atoms. The summed E-state index contributed by atoms with van der Waals surface area (Å²) in [6, 6.07) is 0.551. The van der Waals surface area contributed by atoms with Crippen molar-refractivity contribution in [1.29, 1.82) is 0 Å². The number of amides is 1. The first kappa shape index (κ1) is 13.0. The molecule has 1 rings (SSSR count). The first-order valence-electron chi connectivity index (χ1n) is 5.17. The highest BCUT2D eigenvalue weighted by molar-refractivity contribution is 5.93. The molecule has 1 unspecified atom stereocenters. The molecule has 0 aliphatic heterocycles. The molecule has 1 aromatic rings. The summed E-state index contributed by atoms with van der Waals surface area (Å²) >= 11 is 0. The molecule has 4 N–H and O–H groups in total. The number of aromatic nitrogens is 2. The van der Waals surface area contributed by atoms with E-state index in [1.807, 2.05) is 6.92 Å². The van der Waals surface area contributed by atoms with Gasteiger partial charge in [0.1, 0.15) is 6.20 Å². The summed E-state index contributed by atoms with van der Waals surface area (Å²) in [7, 11) is 0. The summed E-state index contributed by atoms with van der Waals surface area (Å²) in [6.07, 6.45) is 2.90. The van der Waals surface area contributed by atoms with E-state index in [2.05, 4.69) is 10.4 Å². The van der Waals surface area contributed by atoms with Gasteiger partial charge in [-0.2, -0.15) is 0 Å². The highest BCUT2D eigenvalue weighted by Gasteiger charge is 2.18. The fourth-order valence-electron chi connectivity index (χ4n) is 1.17. The van der Waals surface area contributed by atoms with Crippen LogP contribution in [0, 0.1) is 0 Å². The topological polar surface area (TPSA) is 109 Å². The smallest absolute Gasteiger partial charge is 0.327 e. The summed E-state index contributed by atoms with van der Waals surface area (Å²) in [5.41, 5.74) is 5.78. The SMILES string of the molecule is CCNC(=O)c1cc[n+](CC(N)C(=O)O)nc1. The summed E-state index contributed by atoms with van der Waals surface area (Å²) in [6.45, 7) is 2.42. The number of nitrogens with zero attached hydrogens (tertiary/aromatic N) is 2. The molecular formula is C10H15N4O3+. The molecule has 0 fully saturated rings. The van der Waals surface area contributed by atoms with E-state index in [0.717, 1.165) is 0 Å². The number of rotatable bonds is 5. The zero-order chi connectivity index (χ0) is 12.8. The first-order valence-corrected chi connectivity index (χ1v) is 5.17. The van der Waals surface area contributed by atoms with E-state index >= 15 is 0 Å². The lowest BCUT2D eigenvalue weighted by atomic mass is 10.3. The van der Waals surface area contributed by atoms with Crippen molar-refractivity contribution < 1.29 is 19.4 Å². The number of hydrogen-bond donors (Lipinski definition) is 3. The molecule has 1 amide bonds. The molecule has 0 saturated carbocycles. The lowest BCUT2D eigenvalue weighted by Gasteiger charge is -2.02. The Morgan fingerprint density at radius 3 is 2.82 bits per heavy atom. The van der Waals surface area contributed by atoms with Gasteiger partial charge in [0.15, 0.2) is 18.8 Å². The molecule has 0 radical (unpaired) electrons. The summed E-state index contributed by atoms with van der Waals surface area (Å²) in [5, 5.41) is 15.2. The predicted molar refractivity (Wildman–Crippen MR) is 58.1 cm³/mol. The molecule has 0 aromatic carbocycles. The molecule has 1 aromatic heterocycles. The van der Waals surface area contributed by atoms with Crippen LogP contribution in [0.3, 0.4) is 0 Å². The molecule has 1 heterocycles. The first-order chi connectivity index (χ1) is 8.04. The van der Waals surface area contributed by atoms with Crippen LogP contribution in [0.25, 0.3) is 0 Å². The Labute approximate surface area is 98.2 Å². The zero-order valence-corrected chi connectivity index (χ0v) is 9.46. The molecule has 0 spiro atoms. The molecule has 92 valence electrons. The molecule has 0 aliphatic carbocycles. The minimum atomic E-state index is -1.09. The van der Waals surface area contributed by atoms with Crippen molar-refractivity contribution in [2.24, 2.45) is 5.73 Å². The van der Waals surface area contributed by atoms with Crippen molar-refractivity contribution in [3.63, 3.8) is 0 Å². The van der Waals surface area contributed by atoms with Crippen molar-refractivity contribution >= 4 is 11.9 Å². The second-order valence-electron chi connectivity index (χ2n) is 3.44. The maximum atomic E-state index is 11.4. The van der Waals surface area contributed by atoms with Gasteiger partial charge in [0.25, 0.3) is 5.91 Å². The number of nitrogens with two attached hydrogens (primary N) is 1. The fourth-order valence-corrected chi connectivity index (χ4v) is 1.17. The normalized spacial score (nSPS) is 11.9. The van der Waals surface area contributed by atoms with Crippen LogP contribution in [-0.2, 0) is 11.3 Å². The summed E-state index contributed by atoms with van der Waals surface area (Å²) in [4.78, 5) is 21.9. The average molecular weight is 239 g/mol. The number of carbonyl (C=O) groups excluding carboxylic acids is 1. The molecule has 7 heteroatoms. The Balaban J connectivity index is 2.68. The number of aliphatic carboxylic acids is 1. The largest absolute Gasteiger partial charge is 0.480 e. The second kappa shape index (κ2) is 5.90. The Hall–Kier alpha value is -2.02. The second-order valence-corrected chi connectivity index (χ2v) is 3.44. The van der Waals surface area contributed by atoms with E-state index in [-0.39, 0.29) is 12.5 Å². The van der Waals surface area contributed by atoms with Crippen LogP contribution in [0.1, 0.15) is 17.3 Å². The molecular weight excluding hydrogens is 224 g/mol. The number of hydrogen-bond acceptors (Lipinski definition) is 4. The van der Waals surface area contributed by atoms with Crippen molar-refractivity contribution in [3.05, 3.63) is 24.0 Å². The average Bonchev–Trinajstić information content (AvgIpc) is 2.30. The van der Waals surface area contributed by atoms with Gasteiger partial charge in [0.05, 0.1) is 5.56 Å². The number of carbonyl (C=O) groups is 2. The van der Waals surface area contributed by atoms with E-state index in [0.29, 0.717) is 12.1 Å². The molecule has 7 nitrogen and oxygen atoms in total. The van der Waals surface area contributed by atoms with Crippen LogP contribution < -0.4 is 15.7 Å². The van der Waals surface area contributed by atoms with Crippen LogP contribution in [-0.4, -0.2) is 34.7 Å². The van der Waals surface area contributed by atoms with Gasteiger partial charge in [-0.3, -0.25) is 9.59 Å². The highest BCUT2D eigenvalue weighted by atomic mass is 16.4. The standard InChI is InChI=1S/C10H14N4O3/c1-2-12-9(15)7-3-4-14(13-5-7)6-8(11)10(16)17/h3-5,8H,2,6,11H2,1H3,(H-,12,15,16,17)/p+1. The minimum Gasteiger partial charge on any atom is -0.480 e. The van der Waals surface area contributed by atoms with E-state index in [1.165, 1.54) is 17.1 Å². The quantitative estimate of drug-likeness (QED) is 0.543. The van der Waals surface area contributed by atoms with E-state index in [4.69, 9.17) is 10.8 Å². The van der Waals surface area contributed by atoms with Gasteiger partial charge in [0, 0.05) is 12.6 Å². The lowest BCUT2D eigenvalue weighted by molar-refractivity contribution is -0.754. The lowest BCUT2D eigenvalue weighted by Crippen LogP contribution is -2.49. The van der Waals surface area contributed by atoms with Gasteiger partial charge < -0.3 is 16.2 Å². The molecule has 0 aliphatic rings. The Bertz CT molecular complexity index is 405. The Kier molecular flexibility index (Phi) is 4.53. The maximum Gasteiger partial charge on any atom is 0.327 e. The van der Waals surface area contributed by atoms with E-state index in [1.54, 1.807) is 6.07 Å². The summed E-state index contributed by atoms with van der Waals surface area (Å²) < 4.78 is 1.38. The van der Waals surface area contributed by atoms with Crippen LogP contribution in [0.5, 0.6) is 0 Å². The van der Waals surface area contributed by atoms with Crippen molar-refractivity contribution in [2.45, 2.75) is 19.5 Å². The van der Waals surface area contributed by atoms with Gasteiger partial charge in [0.2, 0.25) is 0 Å². The van der Waals surface area contributed by atoms with Crippen LogP contribution in [0.2, 0.25) is 0 Å². The van der Waals surface area contributed by atoms with Crippen LogP contribution in [0.4, 0.5) is 0 Å².